The highest BCUT2D eigenvalue weighted by Crippen LogP contribution is 2.10. The molecule has 0 aliphatic heterocycles. The lowest BCUT2D eigenvalue weighted by molar-refractivity contribution is 1.22. The first-order chi connectivity index (χ1) is 7.68. The number of pyridine rings is 2. The topological polar surface area (TPSA) is 25.8 Å². The normalized spacial score (nSPS) is 11.4. The average Bonchev–Trinajstić information content (AvgIpc) is 2.31. The summed E-state index contributed by atoms with van der Waals surface area (Å²) >= 11 is 0. The fourth-order valence-corrected chi connectivity index (χ4v) is 4.28. The molecule has 0 bridgehead atoms. The van der Waals surface area contributed by atoms with E-state index in [4.69, 9.17) is 0 Å². The van der Waals surface area contributed by atoms with E-state index >= 15 is 0 Å². The third-order valence-corrected chi connectivity index (χ3v) is 5.96. The molecule has 0 aliphatic rings. The molecule has 0 aliphatic carbocycles. The molecule has 0 spiro atoms. The summed E-state index contributed by atoms with van der Waals surface area (Å²) in [5, 5.41) is 1.40. The number of nitrogens with zero attached hydrogens (tertiary/aromatic N) is 2. The average molecular weight is 228 g/mol. The van der Waals surface area contributed by atoms with Crippen LogP contribution in [0.4, 0.5) is 0 Å². The molecule has 2 aromatic heterocycles. The Labute approximate surface area is 97.4 Å². The van der Waals surface area contributed by atoms with E-state index in [0.717, 1.165) is 6.04 Å². The molecule has 0 fully saturated rings. The molecule has 0 amide bonds. The smallest absolute Gasteiger partial charge is 0.0870 e. The van der Waals surface area contributed by atoms with Gasteiger partial charge in [0, 0.05) is 24.8 Å². The maximum Gasteiger partial charge on any atom is 0.0870 e. The fourth-order valence-electron chi connectivity index (χ4n) is 1.88. The minimum atomic E-state index is -1.42. The van der Waals surface area contributed by atoms with Crippen molar-refractivity contribution in [3.05, 3.63) is 54.6 Å². The van der Waals surface area contributed by atoms with Gasteiger partial charge < -0.3 is 0 Å². The van der Waals surface area contributed by atoms with Gasteiger partial charge in [0.25, 0.3) is 0 Å². The molecule has 2 nitrogen and oxygen atoms in total. The monoisotopic (exact) mass is 228 g/mol. The molecule has 2 aromatic rings. The first kappa shape index (κ1) is 11.0. The zero-order chi connectivity index (χ0) is 11.4. The third-order valence-electron chi connectivity index (χ3n) is 2.81. The lowest BCUT2D eigenvalue weighted by Crippen LogP contribution is -2.44. The maximum atomic E-state index is 4.21. The summed E-state index contributed by atoms with van der Waals surface area (Å²) in [6.07, 6.45) is 7.62. The van der Waals surface area contributed by atoms with Crippen molar-refractivity contribution in [3.8, 4) is 0 Å². The lowest BCUT2D eigenvalue weighted by atomic mass is 10.3. The lowest BCUT2D eigenvalue weighted by Gasteiger charge is -2.22. The van der Waals surface area contributed by atoms with Gasteiger partial charge in [0.15, 0.2) is 0 Å². The van der Waals surface area contributed by atoms with Gasteiger partial charge in [-0.3, -0.25) is 9.97 Å². The molecule has 0 radical (unpaired) electrons. The zero-order valence-electron chi connectivity index (χ0n) is 9.72. The van der Waals surface area contributed by atoms with E-state index in [9.17, 15) is 0 Å². The van der Waals surface area contributed by atoms with Crippen LogP contribution >= 0.6 is 0 Å². The van der Waals surface area contributed by atoms with Crippen molar-refractivity contribution >= 4 is 13.3 Å². The van der Waals surface area contributed by atoms with Crippen LogP contribution in [-0.2, 0) is 6.04 Å². The van der Waals surface area contributed by atoms with Crippen LogP contribution in [0.1, 0.15) is 5.56 Å². The Hall–Kier alpha value is -1.48. The molecule has 0 unspecified atom stereocenters. The Morgan fingerprint density at radius 2 is 1.69 bits per heavy atom. The van der Waals surface area contributed by atoms with Crippen LogP contribution in [0.25, 0.3) is 0 Å². The largest absolute Gasteiger partial charge is 0.265 e. The Morgan fingerprint density at radius 1 is 1.00 bits per heavy atom. The Morgan fingerprint density at radius 3 is 2.25 bits per heavy atom. The van der Waals surface area contributed by atoms with Crippen LogP contribution in [-0.4, -0.2) is 18.0 Å². The van der Waals surface area contributed by atoms with Gasteiger partial charge in [-0.25, -0.2) is 0 Å². The van der Waals surface area contributed by atoms with Gasteiger partial charge in [-0.1, -0.05) is 25.2 Å². The Bertz CT molecular complexity index is 440. The van der Waals surface area contributed by atoms with E-state index in [2.05, 4.69) is 35.2 Å². The zero-order valence-corrected chi connectivity index (χ0v) is 10.7. The van der Waals surface area contributed by atoms with Gasteiger partial charge in [0.05, 0.1) is 8.07 Å². The number of aromatic nitrogens is 2. The Kier molecular flexibility index (Phi) is 3.15. The van der Waals surface area contributed by atoms with E-state index < -0.39 is 8.07 Å². The molecule has 0 aromatic carbocycles. The molecule has 0 N–H and O–H groups in total. The predicted octanol–water partition coefficient (Wildman–Crippen LogP) is 2.17. The van der Waals surface area contributed by atoms with Crippen LogP contribution in [0, 0.1) is 0 Å². The third kappa shape index (κ3) is 2.55. The molecule has 16 heavy (non-hydrogen) atoms. The van der Waals surface area contributed by atoms with Crippen molar-refractivity contribution in [3.63, 3.8) is 0 Å². The van der Waals surface area contributed by atoms with Crippen molar-refractivity contribution in [2.24, 2.45) is 0 Å². The van der Waals surface area contributed by atoms with E-state index in [1.807, 2.05) is 36.9 Å². The highest BCUT2D eigenvalue weighted by molar-refractivity contribution is 6.89. The fraction of sp³-hybridized carbons (Fsp3) is 0.231. The van der Waals surface area contributed by atoms with Crippen molar-refractivity contribution in [2.45, 2.75) is 19.1 Å². The molecular formula is C13H16N2Si. The predicted molar refractivity (Wildman–Crippen MR) is 69.3 cm³/mol. The van der Waals surface area contributed by atoms with E-state index in [1.165, 1.54) is 10.8 Å². The molecule has 82 valence electrons. The molecule has 2 rings (SSSR count). The molecule has 0 saturated carbocycles. The summed E-state index contributed by atoms with van der Waals surface area (Å²) in [7, 11) is -1.42. The summed E-state index contributed by atoms with van der Waals surface area (Å²) in [5.74, 6) is 0. The molecule has 0 saturated heterocycles. The molecule has 2 heterocycles. The molecule has 3 heteroatoms. The van der Waals surface area contributed by atoms with Crippen LogP contribution < -0.4 is 5.19 Å². The SMILES string of the molecule is C[Si](C)(Cc1cccnc1)c1cccnc1. The van der Waals surface area contributed by atoms with E-state index in [0.29, 0.717) is 0 Å². The van der Waals surface area contributed by atoms with Crippen LogP contribution in [0.5, 0.6) is 0 Å². The quantitative estimate of drug-likeness (QED) is 0.753. The summed E-state index contributed by atoms with van der Waals surface area (Å²) in [5.41, 5.74) is 1.32. The van der Waals surface area contributed by atoms with Crippen molar-refractivity contribution < 1.29 is 0 Å². The minimum Gasteiger partial charge on any atom is -0.265 e. The summed E-state index contributed by atoms with van der Waals surface area (Å²) in [6.45, 7) is 4.74. The van der Waals surface area contributed by atoms with Crippen molar-refractivity contribution in [2.75, 3.05) is 0 Å². The second-order valence-corrected chi connectivity index (χ2v) is 9.36. The second kappa shape index (κ2) is 4.57. The summed E-state index contributed by atoms with van der Waals surface area (Å²) in [6, 6.07) is 9.48. The van der Waals surface area contributed by atoms with Crippen molar-refractivity contribution in [1.29, 1.82) is 0 Å². The van der Waals surface area contributed by atoms with E-state index in [1.54, 1.807) is 0 Å². The highest BCUT2D eigenvalue weighted by Gasteiger charge is 2.23. The van der Waals surface area contributed by atoms with Crippen molar-refractivity contribution in [1.82, 2.24) is 9.97 Å². The van der Waals surface area contributed by atoms with Gasteiger partial charge in [-0.2, -0.15) is 0 Å². The minimum absolute atomic E-state index is 1.12. The van der Waals surface area contributed by atoms with E-state index in [-0.39, 0.29) is 0 Å². The van der Waals surface area contributed by atoms with Crippen LogP contribution in [0.15, 0.2) is 49.1 Å². The highest BCUT2D eigenvalue weighted by atomic mass is 28.3. The molecule has 0 atom stereocenters. The molecular weight excluding hydrogens is 212 g/mol. The van der Waals surface area contributed by atoms with Gasteiger partial charge in [-0.15, -0.1) is 0 Å². The van der Waals surface area contributed by atoms with Crippen LogP contribution in [0.3, 0.4) is 0 Å². The summed E-state index contributed by atoms with van der Waals surface area (Å²) < 4.78 is 0. The number of rotatable bonds is 3. The first-order valence-electron chi connectivity index (χ1n) is 5.48. The summed E-state index contributed by atoms with van der Waals surface area (Å²) in [4.78, 5) is 8.38. The Balaban J connectivity index is 2.21. The number of hydrogen-bond acceptors (Lipinski definition) is 2. The van der Waals surface area contributed by atoms with Gasteiger partial charge in [-0.05, 0) is 28.9 Å². The number of hydrogen-bond donors (Lipinski definition) is 0. The second-order valence-electron chi connectivity index (χ2n) is 4.66. The van der Waals surface area contributed by atoms with Gasteiger partial charge >= 0.3 is 0 Å². The van der Waals surface area contributed by atoms with Crippen LogP contribution in [0.2, 0.25) is 13.1 Å². The standard InChI is InChI=1S/C13H16N2Si/c1-16(2,13-6-4-8-15-10-13)11-12-5-3-7-14-9-12/h3-10H,11H2,1-2H3. The van der Waals surface area contributed by atoms with Gasteiger partial charge in [0.1, 0.15) is 0 Å². The maximum absolute atomic E-state index is 4.21. The first-order valence-corrected chi connectivity index (χ1v) is 8.69. The van der Waals surface area contributed by atoms with Gasteiger partial charge in [0.2, 0.25) is 0 Å².